The number of aromatic nitrogens is 2. The standard InChI is InChI=1S/C20H22N6O2S/c1-25(11-12-29-2)18(27)14-3-5-16(6-4-14)23-20-22-9-7-17(24-20)26-10-8-15(13-21)19(26)28/h3-7,9,15H,8,10-12H2,1-2H3,(H,22,23,24). The number of thioether (sulfide) groups is 1. The third-order valence-electron chi connectivity index (χ3n) is 4.64. The van der Waals surface area contributed by atoms with Crippen LogP contribution in [0.3, 0.4) is 0 Å². The number of nitrogens with one attached hydrogen (secondary N) is 1. The van der Waals surface area contributed by atoms with Crippen LogP contribution in [0.5, 0.6) is 0 Å². The second kappa shape index (κ2) is 9.39. The summed E-state index contributed by atoms with van der Waals surface area (Å²) < 4.78 is 0. The van der Waals surface area contributed by atoms with Gasteiger partial charge in [0.15, 0.2) is 0 Å². The number of benzene rings is 1. The topological polar surface area (TPSA) is 102 Å². The van der Waals surface area contributed by atoms with Gasteiger partial charge in [0.25, 0.3) is 5.91 Å². The van der Waals surface area contributed by atoms with E-state index in [4.69, 9.17) is 5.26 Å². The zero-order chi connectivity index (χ0) is 20.8. The Balaban J connectivity index is 1.67. The molecule has 8 nitrogen and oxygen atoms in total. The third-order valence-corrected chi connectivity index (χ3v) is 5.24. The highest BCUT2D eigenvalue weighted by molar-refractivity contribution is 7.98. The summed E-state index contributed by atoms with van der Waals surface area (Å²) >= 11 is 1.70. The predicted molar refractivity (Wildman–Crippen MR) is 113 cm³/mol. The minimum Gasteiger partial charge on any atom is -0.341 e. The minimum atomic E-state index is -0.611. The number of hydrogen-bond acceptors (Lipinski definition) is 7. The van der Waals surface area contributed by atoms with Crippen molar-refractivity contribution in [3.8, 4) is 6.07 Å². The minimum absolute atomic E-state index is 0.0246. The maximum absolute atomic E-state index is 12.4. The van der Waals surface area contributed by atoms with Gasteiger partial charge >= 0.3 is 0 Å². The molecule has 9 heteroatoms. The van der Waals surface area contributed by atoms with Crippen LogP contribution in [0.1, 0.15) is 16.8 Å². The smallest absolute Gasteiger partial charge is 0.253 e. The molecule has 1 unspecified atom stereocenters. The lowest BCUT2D eigenvalue weighted by molar-refractivity contribution is -0.119. The van der Waals surface area contributed by atoms with Crippen LogP contribution in [0.25, 0.3) is 0 Å². The van der Waals surface area contributed by atoms with Crippen LogP contribution in [0.15, 0.2) is 36.5 Å². The van der Waals surface area contributed by atoms with E-state index in [2.05, 4.69) is 15.3 Å². The number of amides is 2. The van der Waals surface area contributed by atoms with Crippen LogP contribution < -0.4 is 10.2 Å². The van der Waals surface area contributed by atoms with Crippen molar-refractivity contribution in [1.82, 2.24) is 14.9 Å². The van der Waals surface area contributed by atoms with E-state index in [1.807, 2.05) is 12.3 Å². The Morgan fingerprint density at radius 2 is 2.14 bits per heavy atom. The first-order valence-electron chi connectivity index (χ1n) is 9.19. The first-order chi connectivity index (χ1) is 14.0. The second-order valence-electron chi connectivity index (χ2n) is 6.62. The van der Waals surface area contributed by atoms with Crippen molar-refractivity contribution in [2.45, 2.75) is 6.42 Å². The molecule has 0 bridgehead atoms. The molecular weight excluding hydrogens is 388 g/mol. The number of nitrogens with zero attached hydrogens (tertiary/aromatic N) is 5. The first kappa shape index (κ1) is 20.6. The van der Waals surface area contributed by atoms with Gasteiger partial charge in [0, 0.05) is 43.3 Å². The molecule has 1 aliphatic heterocycles. The Bertz CT molecular complexity index is 927. The number of nitriles is 1. The fourth-order valence-electron chi connectivity index (χ4n) is 2.96. The average Bonchev–Trinajstić information content (AvgIpc) is 3.12. The maximum Gasteiger partial charge on any atom is 0.253 e. The van der Waals surface area contributed by atoms with Crippen LogP contribution >= 0.6 is 11.8 Å². The summed E-state index contributed by atoms with van der Waals surface area (Å²) in [5.74, 6) is 0.832. The summed E-state index contributed by atoms with van der Waals surface area (Å²) in [6, 6.07) is 10.8. The molecule has 3 rings (SSSR count). The molecule has 1 atom stereocenters. The van der Waals surface area contributed by atoms with Crippen LogP contribution in [0.2, 0.25) is 0 Å². The Morgan fingerprint density at radius 3 is 2.79 bits per heavy atom. The lowest BCUT2D eigenvalue weighted by Crippen LogP contribution is -2.28. The SMILES string of the molecule is CSCCN(C)C(=O)c1ccc(Nc2nccc(N3CCC(C#N)C3=O)n2)cc1. The fourth-order valence-corrected chi connectivity index (χ4v) is 3.42. The average molecular weight is 411 g/mol. The largest absolute Gasteiger partial charge is 0.341 e. The summed E-state index contributed by atoms with van der Waals surface area (Å²) in [5, 5.41) is 12.1. The van der Waals surface area contributed by atoms with E-state index >= 15 is 0 Å². The van der Waals surface area contributed by atoms with Gasteiger partial charge in [0.05, 0.1) is 6.07 Å². The van der Waals surface area contributed by atoms with E-state index in [1.165, 1.54) is 4.90 Å². The predicted octanol–water partition coefficient (Wildman–Crippen LogP) is 2.53. The van der Waals surface area contributed by atoms with Gasteiger partial charge in [0.2, 0.25) is 11.9 Å². The van der Waals surface area contributed by atoms with Crippen molar-refractivity contribution in [1.29, 1.82) is 5.26 Å². The van der Waals surface area contributed by atoms with Gasteiger partial charge in [-0.1, -0.05) is 0 Å². The van der Waals surface area contributed by atoms with Crippen LogP contribution in [-0.2, 0) is 4.79 Å². The molecule has 1 N–H and O–H groups in total. The molecule has 0 saturated carbocycles. The van der Waals surface area contributed by atoms with Crippen molar-refractivity contribution in [2.75, 3.05) is 42.4 Å². The van der Waals surface area contributed by atoms with E-state index < -0.39 is 5.92 Å². The van der Waals surface area contributed by atoms with E-state index in [1.54, 1.807) is 60.2 Å². The number of rotatable bonds is 7. The molecule has 2 aromatic rings. The molecule has 2 amide bonds. The molecule has 2 heterocycles. The highest BCUT2D eigenvalue weighted by atomic mass is 32.2. The van der Waals surface area contributed by atoms with E-state index in [0.29, 0.717) is 36.8 Å². The molecule has 29 heavy (non-hydrogen) atoms. The van der Waals surface area contributed by atoms with Crippen molar-refractivity contribution >= 4 is 41.0 Å². The zero-order valence-corrected chi connectivity index (χ0v) is 17.1. The van der Waals surface area contributed by atoms with Crippen molar-refractivity contribution < 1.29 is 9.59 Å². The molecule has 1 saturated heterocycles. The second-order valence-corrected chi connectivity index (χ2v) is 7.61. The third kappa shape index (κ3) is 4.84. The van der Waals surface area contributed by atoms with Gasteiger partial charge in [-0.3, -0.25) is 14.5 Å². The monoisotopic (exact) mass is 410 g/mol. The Morgan fingerprint density at radius 1 is 1.38 bits per heavy atom. The quantitative estimate of drug-likeness (QED) is 0.748. The van der Waals surface area contributed by atoms with Crippen LogP contribution in [0.4, 0.5) is 17.5 Å². The van der Waals surface area contributed by atoms with Crippen LogP contribution in [-0.4, -0.2) is 58.8 Å². The molecular formula is C20H22N6O2S. The lowest BCUT2D eigenvalue weighted by Gasteiger charge is -2.17. The van der Waals surface area contributed by atoms with E-state index in [-0.39, 0.29) is 11.8 Å². The number of hydrogen-bond donors (Lipinski definition) is 1. The summed E-state index contributed by atoms with van der Waals surface area (Å²) in [6.07, 6.45) is 4.08. The van der Waals surface area contributed by atoms with E-state index in [0.717, 1.165) is 11.4 Å². The molecule has 1 aromatic carbocycles. The summed E-state index contributed by atoms with van der Waals surface area (Å²) in [7, 11) is 1.79. The maximum atomic E-state index is 12.4. The normalized spacial score (nSPS) is 15.8. The van der Waals surface area contributed by atoms with Crippen LogP contribution in [0, 0.1) is 17.2 Å². The van der Waals surface area contributed by atoms with Gasteiger partial charge in [-0.05, 0) is 43.0 Å². The Labute approximate surface area is 173 Å². The zero-order valence-electron chi connectivity index (χ0n) is 16.3. The lowest BCUT2D eigenvalue weighted by atomic mass is 10.1. The molecule has 0 aliphatic carbocycles. The summed E-state index contributed by atoms with van der Waals surface area (Å²) in [6.45, 7) is 1.16. The number of carbonyl (C=O) groups is 2. The molecule has 1 fully saturated rings. The van der Waals surface area contributed by atoms with Crippen molar-refractivity contribution in [2.24, 2.45) is 5.92 Å². The highest BCUT2D eigenvalue weighted by Gasteiger charge is 2.33. The van der Waals surface area contributed by atoms with E-state index in [9.17, 15) is 9.59 Å². The fraction of sp³-hybridized carbons (Fsp3) is 0.350. The molecule has 1 aliphatic rings. The molecule has 1 aromatic heterocycles. The molecule has 0 radical (unpaired) electrons. The molecule has 0 spiro atoms. The highest BCUT2D eigenvalue weighted by Crippen LogP contribution is 2.24. The van der Waals surface area contributed by atoms with Gasteiger partial charge in [-0.25, -0.2) is 4.98 Å². The van der Waals surface area contributed by atoms with Crippen molar-refractivity contribution in [3.63, 3.8) is 0 Å². The van der Waals surface area contributed by atoms with Gasteiger partial charge in [-0.2, -0.15) is 22.0 Å². The summed E-state index contributed by atoms with van der Waals surface area (Å²) in [4.78, 5) is 36.4. The van der Waals surface area contributed by atoms with Gasteiger partial charge < -0.3 is 10.2 Å². The Kier molecular flexibility index (Phi) is 6.67. The van der Waals surface area contributed by atoms with Gasteiger partial charge in [-0.15, -0.1) is 0 Å². The first-order valence-corrected chi connectivity index (χ1v) is 10.6. The Hall–Kier alpha value is -3.12. The van der Waals surface area contributed by atoms with Crippen molar-refractivity contribution in [3.05, 3.63) is 42.1 Å². The molecule has 150 valence electrons. The number of carbonyl (C=O) groups excluding carboxylic acids is 2. The summed E-state index contributed by atoms with van der Waals surface area (Å²) in [5.41, 5.74) is 1.34. The van der Waals surface area contributed by atoms with Gasteiger partial charge in [0.1, 0.15) is 11.7 Å². The number of anilines is 3.